The van der Waals surface area contributed by atoms with Gasteiger partial charge in [0.05, 0.1) is 42.0 Å². The minimum absolute atomic E-state index is 0.0298. The fourth-order valence-corrected chi connectivity index (χ4v) is 7.31. The number of amides is 2. The highest BCUT2D eigenvalue weighted by Crippen LogP contribution is 2.40. The monoisotopic (exact) mass is 704 g/mol. The zero-order valence-corrected chi connectivity index (χ0v) is 28.7. The van der Waals surface area contributed by atoms with Gasteiger partial charge in [-0.2, -0.15) is 5.10 Å². The number of hydrogen-bond donors (Lipinski definition) is 2. The maximum atomic E-state index is 15.0. The van der Waals surface area contributed by atoms with E-state index >= 15 is 0 Å². The number of nitrogens with zero attached hydrogens (tertiary/aromatic N) is 6. The molecule has 11 nitrogen and oxygen atoms in total. The summed E-state index contributed by atoms with van der Waals surface area (Å²) in [5.41, 5.74) is 5.45. The van der Waals surface area contributed by atoms with Crippen LogP contribution in [0.4, 0.5) is 14.5 Å². The first kappa shape index (κ1) is 33.7. The quantitative estimate of drug-likeness (QED) is 0.186. The number of H-pyrrole nitrogens is 1. The van der Waals surface area contributed by atoms with Crippen molar-refractivity contribution in [2.24, 2.45) is 5.41 Å². The van der Waals surface area contributed by atoms with Crippen molar-refractivity contribution in [1.29, 1.82) is 0 Å². The van der Waals surface area contributed by atoms with Crippen LogP contribution in [0.2, 0.25) is 0 Å². The van der Waals surface area contributed by atoms with Crippen LogP contribution in [0, 0.1) is 17.0 Å². The molecule has 2 aromatic carbocycles. The average Bonchev–Trinajstić information content (AvgIpc) is 3.81. The van der Waals surface area contributed by atoms with Crippen molar-refractivity contribution in [3.05, 3.63) is 96.1 Å². The number of fused-ring (bicyclic) bond motifs is 1. The highest BCUT2D eigenvalue weighted by atomic mass is 19.1. The standard InChI is InChI=1S/C39H38F2N8O3/c1-52-23-39(38(51)45-29-5-7-33-31(18-29)36(47-46-33)27-8-12-42-34(17-27)25-2-3-25)11-15-48(22-39)21-35(50)49-13-9-24(10-14-49)26-4-6-30(32(41)16-26)37-43-19-28(40)20-44-37/h4-9,12,16-20,25H,2-3,10-11,13-15,21-23H2,1H3,(H,45,51)(H,46,47). The normalized spacial score (nSPS) is 19.2. The third-order valence-corrected chi connectivity index (χ3v) is 10.3. The average molecular weight is 705 g/mol. The van der Waals surface area contributed by atoms with Gasteiger partial charge in [-0.3, -0.25) is 24.6 Å². The molecule has 0 spiro atoms. The molecule has 3 aliphatic rings. The van der Waals surface area contributed by atoms with Crippen molar-refractivity contribution >= 4 is 34.0 Å². The summed E-state index contributed by atoms with van der Waals surface area (Å²) < 4.78 is 33.7. The number of carbonyl (C=O) groups excluding carboxylic acids is 2. The van der Waals surface area contributed by atoms with E-state index in [-0.39, 0.29) is 36.4 Å². The lowest BCUT2D eigenvalue weighted by Crippen LogP contribution is -2.45. The van der Waals surface area contributed by atoms with Gasteiger partial charge in [0.15, 0.2) is 11.6 Å². The largest absolute Gasteiger partial charge is 0.384 e. The maximum Gasteiger partial charge on any atom is 0.237 e. The van der Waals surface area contributed by atoms with Gasteiger partial charge in [-0.1, -0.05) is 12.1 Å². The van der Waals surface area contributed by atoms with Gasteiger partial charge >= 0.3 is 0 Å². The van der Waals surface area contributed by atoms with Crippen LogP contribution < -0.4 is 5.32 Å². The Kier molecular flexibility index (Phi) is 9.06. The van der Waals surface area contributed by atoms with Gasteiger partial charge in [0.25, 0.3) is 0 Å². The van der Waals surface area contributed by atoms with Gasteiger partial charge < -0.3 is 15.0 Å². The lowest BCUT2D eigenvalue weighted by Gasteiger charge is -2.30. The molecule has 1 aliphatic carbocycles. The summed E-state index contributed by atoms with van der Waals surface area (Å²) in [4.78, 5) is 43.4. The Labute approximate surface area is 299 Å². The minimum Gasteiger partial charge on any atom is -0.384 e. The van der Waals surface area contributed by atoms with Gasteiger partial charge in [0.1, 0.15) is 11.5 Å². The Morgan fingerprint density at radius 2 is 1.87 bits per heavy atom. The lowest BCUT2D eigenvalue weighted by atomic mass is 9.87. The summed E-state index contributed by atoms with van der Waals surface area (Å²) in [5, 5.41) is 11.7. The van der Waals surface area contributed by atoms with Crippen molar-refractivity contribution in [3.63, 3.8) is 0 Å². The molecule has 13 heteroatoms. The summed E-state index contributed by atoms with van der Waals surface area (Å²) in [5.74, 6) is -0.630. The predicted octanol–water partition coefficient (Wildman–Crippen LogP) is 5.83. The van der Waals surface area contributed by atoms with Crippen molar-refractivity contribution in [2.75, 3.05) is 51.8 Å². The number of anilines is 1. The molecule has 1 saturated carbocycles. The van der Waals surface area contributed by atoms with E-state index in [1.807, 2.05) is 41.4 Å². The van der Waals surface area contributed by atoms with Crippen LogP contribution in [0.5, 0.6) is 0 Å². The van der Waals surface area contributed by atoms with Crippen LogP contribution in [0.3, 0.4) is 0 Å². The molecule has 0 bridgehead atoms. The van der Waals surface area contributed by atoms with E-state index in [4.69, 9.17) is 4.74 Å². The molecule has 5 heterocycles. The summed E-state index contributed by atoms with van der Waals surface area (Å²) >= 11 is 0. The predicted molar refractivity (Wildman–Crippen MR) is 192 cm³/mol. The third kappa shape index (κ3) is 6.81. The molecule has 5 aromatic rings. The maximum absolute atomic E-state index is 15.0. The van der Waals surface area contributed by atoms with Crippen LogP contribution in [-0.4, -0.2) is 93.2 Å². The number of ether oxygens (including phenoxy) is 1. The number of likely N-dealkylation sites (tertiary alicyclic amines) is 1. The van der Waals surface area contributed by atoms with Crippen LogP contribution in [-0.2, 0) is 14.3 Å². The fourth-order valence-electron chi connectivity index (χ4n) is 7.31. The molecule has 3 aromatic heterocycles. The highest BCUT2D eigenvalue weighted by Gasteiger charge is 2.45. The number of carbonyl (C=O) groups is 2. The molecule has 1 saturated heterocycles. The van der Waals surface area contributed by atoms with Gasteiger partial charge in [-0.05, 0) is 85.8 Å². The van der Waals surface area contributed by atoms with Crippen LogP contribution in [0.15, 0.2) is 73.2 Å². The molecular formula is C39H38F2N8O3. The van der Waals surface area contributed by atoms with E-state index < -0.39 is 17.0 Å². The number of aromatic amines is 1. The van der Waals surface area contributed by atoms with E-state index in [1.165, 1.54) is 6.07 Å². The van der Waals surface area contributed by atoms with E-state index in [0.29, 0.717) is 56.2 Å². The van der Waals surface area contributed by atoms with Crippen LogP contribution in [0.1, 0.15) is 42.9 Å². The number of methoxy groups -OCH3 is 1. The fraction of sp³-hybridized carbons (Fsp3) is 0.333. The molecular weight excluding hydrogens is 666 g/mol. The number of nitrogens with one attached hydrogen (secondary N) is 2. The van der Waals surface area contributed by atoms with Crippen molar-refractivity contribution in [3.8, 4) is 22.6 Å². The second-order valence-corrected chi connectivity index (χ2v) is 13.9. The molecule has 2 amide bonds. The Morgan fingerprint density at radius 3 is 2.62 bits per heavy atom. The van der Waals surface area contributed by atoms with Crippen molar-refractivity contribution in [2.45, 2.75) is 31.6 Å². The lowest BCUT2D eigenvalue weighted by molar-refractivity contribution is -0.133. The smallest absolute Gasteiger partial charge is 0.237 e. The third-order valence-electron chi connectivity index (χ3n) is 10.3. The van der Waals surface area contributed by atoms with Gasteiger partial charge in [-0.15, -0.1) is 0 Å². The SMILES string of the molecule is COCC1(C(=O)Nc2ccc3[nH]nc(-c4ccnc(C5CC5)c4)c3c2)CCN(CC(=O)N2CC=C(c3ccc(-c4ncc(F)cn4)c(F)c3)CC2)C1. The number of hydrogen-bond acceptors (Lipinski definition) is 8. The summed E-state index contributed by atoms with van der Waals surface area (Å²) in [7, 11) is 1.59. The van der Waals surface area contributed by atoms with Gasteiger partial charge in [0.2, 0.25) is 11.8 Å². The van der Waals surface area contributed by atoms with E-state index in [2.05, 4.69) is 36.5 Å². The Hall–Kier alpha value is -5.40. The Bertz CT molecular complexity index is 2180. The highest BCUT2D eigenvalue weighted by molar-refractivity contribution is 6.00. The summed E-state index contributed by atoms with van der Waals surface area (Å²) in [6, 6.07) is 14.6. The molecule has 0 radical (unpaired) electrons. The first-order valence-electron chi connectivity index (χ1n) is 17.5. The molecule has 2 aliphatic heterocycles. The van der Waals surface area contributed by atoms with E-state index in [0.717, 1.165) is 58.7 Å². The zero-order valence-electron chi connectivity index (χ0n) is 28.7. The van der Waals surface area contributed by atoms with Crippen LogP contribution >= 0.6 is 0 Å². The number of benzene rings is 2. The summed E-state index contributed by atoms with van der Waals surface area (Å²) in [6.45, 7) is 2.26. The molecule has 1 unspecified atom stereocenters. The summed E-state index contributed by atoms with van der Waals surface area (Å²) in [6.07, 6.45) is 9.23. The molecule has 266 valence electrons. The Morgan fingerprint density at radius 1 is 1.02 bits per heavy atom. The molecule has 2 fully saturated rings. The van der Waals surface area contributed by atoms with Gasteiger partial charge in [-0.25, -0.2) is 18.7 Å². The van der Waals surface area contributed by atoms with Crippen molar-refractivity contribution < 1.29 is 23.1 Å². The minimum atomic E-state index is -0.822. The number of halogens is 2. The zero-order chi connectivity index (χ0) is 35.8. The van der Waals surface area contributed by atoms with E-state index in [1.54, 1.807) is 24.1 Å². The molecule has 52 heavy (non-hydrogen) atoms. The van der Waals surface area contributed by atoms with E-state index in [9.17, 15) is 18.4 Å². The van der Waals surface area contributed by atoms with Crippen molar-refractivity contribution in [1.82, 2.24) is 34.9 Å². The first-order chi connectivity index (χ1) is 25.3. The second kappa shape index (κ2) is 14.0. The second-order valence-electron chi connectivity index (χ2n) is 13.9. The van der Waals surface area contributed by atoms with Gasteiger partial charge in [0, 0.05) is 61.2 Å². The number of pyridine rings is 1. The molecule has 2 N–H and O–H groups in total. The Balaban J connectivity index is 0.900. The molecule has 8 rings (SSSR count). The number of rotatable bonds is 10. The topological polar surface area (TPSA) is 129 Å². The number of aromatic nitrogens is 5. The molecule has 1 atom stereocenters. The first-order valence-corrected chi connectivity index (χ1v) is 17.5. The van der Waals surface area contributed by atoms with Crippen LogP contribution in [0.25, 0.3) is 39.1 Å².